The lowest BCUT2D eigenvalue weighted by molar-refractivity contribution is 0.103. The highest BCUT2D eigenvalue weighted by molar-refractivity contribution is 4.97. The number of nitrogens with one attached hydrogen (secondary N) is 1. The van der Waals surface area contributed by atoms with Crippen LogP contribution in [0.5, 0.6) is 0 Å². The van der Waals surface area contributed by atoms with Crippen molar-refractivity contribution in [3.8, 4) is 0 Å². The lowest BCUT2D eigenvalue weighted by Gasteiger charge is -2.40. The lowest BCUT2D eigenvalue weighted by atomic mass is 9.93. The van der Waals surface area contributed by atoms with E-state index in [-0.39, 0.29) is 0 Å². The van der Waals surface area contributed by atoms with Gasteiger partial charge in [-0.15, -0.1) is 0 Å². The Morgan fingerprint density at radius 3 is 2.87 bits per heavy atom. The molecule has 2 nitrogen and oxygen atoms in total. The average molecular weight is 208 g/mol. The lowest BCUT2D eigenvalue weighted by Crippen LogP contribution is -2.54. The van der Waals surface area contributed by atoms with Crippen LogP contribution in [-0.4, -0.2) is 36.6 Å². The number of nitrogens with zero attached hydrogens (tertiary/aromatic N) is 1. The molecule has 0 spiro atoms. The number of hydrogen-bond donors (Lipinski definition) is 1. The summed E-state index contributed by atoms with van der Waals surface area (Å²) in [6.45, 7) is 6.13. The maximum Gasteiger partial charge on any atom is 0.0193 e. The molecule has 2 bridgehead atoms. The molecule has 2 saturated carbocycles. The van der Waals surface area contributed by atoms with Crippen LogP contribution < -0.4 is 5.32 Å². The molecule has 1 saturated heterocycles. The molecule has 2 heteroatoms. The zero-order valence-corrected chi connectivity index (χ0v) is 9.91. The second-order valence-corrected chi connectivity index (χ2v) is 5.80. The molecular formula is C13H24N2. The van der Waals surface area contributed by atoms with E-state index in [4.69, 9.17) is 0 Å². The first-order valence-electron chi connectivity index (χ1n) is 6.84. The Morgan fingerprint density at radius 2 is 2.20 bits per heavy atom. The van der Waals surface area contributed by atoms with Crippen molar-refractivity contribution in [2.45, 2.75) is 51.1 Å². The Balaban J connectivity index is 1.62. The van der Waals surface area contributed by atoms with Crippen LogP contribution in [0.15, 0.2) is 0 Å². The van der Waals surface area contributed by atoms with E-state index in [0.29, 0.717) is 0 Å². The van der Waals surface area contributed by atoms with E-state index in [1.165, 1.54) is 45.3 Å². The standard InChI is InChI=1S/C13H24N2/c1-2-12-9-15(6-5-14-12)13-8-10-3-4-11(13)7-10/h10-14H,2-9H2,1H3. The summed E-state index contributed by atoms with van der Waals surface area (Å²) in [5, 5.41) is 3.62. The summed E-state index contributed by atoms with van der Waals surface area (Å²) >= 11 is 0. The number of piperazine rings is 1. The molecule has 4 atom stereocenters. The van der Waals surface area contributed by atoms with Crippen molar-refractivity contribution in [2.24, 2.45) is 11.8 Å². The van der Waals surface area contributed by atoms with E-state index in [2.05, 4.69) is 17.1 Å². The van der Waals surface area contributed by atoms with Crippen molar-refractivity contribution in [3.63, 3.8) is 0 Å². The van der Waals surface area contributed by atoms with Crippen molar-refractivity contribution in [1.82, 2.24) is 10.2 Å². The molecule has 1 heterocycles. The summed E-state index contributed by atoms with van der Waals surface area (Å²) in [5.41, 5.74) is 0. The van der Waals surface area contributed by atoms with Crippen molar-refractivity contribution < 1.29 is 0 Å². The van der Waals surface area contributed by atoms with E-state index < -0.39 is 0 Å². The molecule has 86 valence electrons. The topological polar surface area (TPSA) is 15.3 Å². The molecule has 0 aromatic carbocycles. The molecule has 15 heavy (non-hydrogen) atoms. The summed E-state index contributed by atoms with van der Waals surface area (Å²) < 4.78 is 0. The monoisotopic (exact) mass is 208 g/mol. The van der Waals surface area contributed by atoms with Crippen LogP contribution in [0.1, 0.15) is 39.0 Å². The van der Waals surface area contributed by atoms with Gasteiger partial charge in [0.15, 0.2) is 0 Å². The van der Waals surface area contributed by atoms with Gasteiger partial charge in [0.2, 0.25) is 0 Å². The second kappa shape index (κ2) is 4.06. The molecular weight excluding hydrogens is 184 g/mol. The third-order valence-corrected chi connectivity index (χ3v) is 4.95. The fraction of sp³-hybridized carbons (Fsp3) is 1.00. The molecule has 2 aliphatic carbocycles. The van der Waals surface area contributed by atoms with Crippen LogP contribution >= 0.6 is 0 Å². The van der Waals surface area contributed by atoms with E-state index in [0.717, 1.165) is 23.9 Å². The predicted molar refractivity (Wildman–Crippen MR) is 62.9 cm³/mol. The normalized spacial score (nSPS) is 46.2. The van der Waals surface area contributed by atoms with Gasteiger partial charge < -0.3 is 5.32 Å². The first-order valence-corrected chi connectivity index (χ1v) is 6.84. The summed E-state index contributed by atoms with van der Waals surface area (Å²) in [6, 6.07) is 1.72. The first-order chi connectivity index (χ1) is 7.36. The maximum atomic E-state index is 3.62. The van der Waals surface area contributed by atoms with E-state index in [1.54, 1.807) is 6.42 Å². The van der Waals surface area contributed by atoms with Gasteiger partial charge in [0, 0.05) is 31.7 Å². The van der Waals surface area contributed by atoms with Crippen LogP contribution in [0.3, 0.4) is 0 Å². The number of fused-ring (bicyclic) bond motifs is 2. The Kier molecular flexibility index (Phi) is 2.73. The fourth-order valence-corrected chi connectivity index (χ4v) is 4.08. The third-order valence-electron chi connectivity index (χ3n) is 4.95. The quantitative estimate of drug-likeness (QED) is 0.745. The third kappa shape index (κ3) is 1.83. The van der Waals surface area contributed by atoms with Crippen LogP contribution in [0, 0.1) is 11.8 Å². The van der Waals surface area contributed by atoms with Gasteiger partial charge in [-0.25, -0.2) is 0 Å². The van der Waals surface area contributed by atoms with Crippen molar-refractivity contribution in [1.29, 1.82) is 0 Å². The summed E-state index contributed by atoms with van der Waals surface area (Å²) in [4.78, 5) is 2.80. The van der Waals surface area contributed by atoms with Gasteiger partial charge in [0.25, 0.3) is 0 Å². The van der Waals surface area contributed by atoms with Gasteiger partial charge >= 0.3 is 0 Å². The zero-order chi connectivity index (χ0) is 10.3. The summed E-state index contributed by atoms with van der Waals surface area (Å²) in [6.07, 6.45) is 7.41. The van der Waals surface area contributed by atoms with Crippen molar-refractivity contribution in [3.05, 3.63) is 0 Å². The highest BCUT2D eigenvalue weighted by Gasteiger charge is 2.42. The molecule has 0 amide bonds. The zero-order valence-electron chi connectivity index (χ0n) is 9.91. The fourth-order valence-electron chi connectivity index (χ4n) is 4.08. The van der Waals surface area contributed by atoms with Crippen LogP contribution in [0.2, 0.25) is 0 Å². The Hall–Kier alpha value is -0.0800. The summed E-state index contributed by atoms with van der Waals surface area (Å²) in [7, 11) is 0. The minimum absolute atomic E-state index is 0.762. The molecule has 3 fully saturated rings. The van der Waals surface area contributed by atoms with Gasteiger partial charge in [-0.3, -0.25) is 4.90 Å². The molecule has 0 aromatic rings. The second-order valence-electron chi connectivity index (χ2n) is 5.80. The summed E-state index contributed by atoms with van der Waals surface area (Å²) in [5.74, 6) is 2.15. The molecule has 1 N–H and O–H groups in total. The first kappa shape index (κ1) is 10.1. The Morgan fingerprint density at radius 1 is 1.27 bits per heavy atom. The van der Waals surface area contributed by atoms with Gasteiger partial charge in [0.1, 0.15) is 0 Å². The molecule has 1 aliphatic heterocycles. The number of rotatable bonds is 2. The van der Waals surface area contributed by atoms with Crippen LogP contribution in [0.4, 0.5) is 0 Å². The van der Waals surface area contributed by atoms with Crippen molar-refractivity contribution in [2.75, 3.05) is 19.6 Å². The highest BCUT2D eigenvalue weighted by Crippen LogP contribution is 2.46. The molecule has 3 aliphatic rings. The largest absolute Gasteiger partial charge is 0.311 e. The van der Waals surface area contributed by atoms with Crippen LogP contribution in [-0.2, 0) is 0 Å². The molecule has 0 radical (unpaired) electrons. The van der Waals surface area contributed by atoms with Gasteiger partial charge in [0.05, 0.1) is 0 Å². The SMILES string of the molecule is CCC1CN(C2CC3CCC2C3)CCN1. The Bertz CT molecular complexity index is 229. The van der Waals surface area contributed by atoms with Gasteiger partial charge in [-0.05, 0) is 37.5 Å². The minimum atomic E-state index is 0.762. The van der Waals surface area contributed by atoms with E-state index >= 15 is 0 Å². The molecule has 3 rings (SSSR count). The molecule has 0 aromatic heterocycles. The Labute approximate surface area is 93.4 Å². The highest BCUT2D eigenvalue weighted by atomic mass is 15.2. The predicted octanol–water partition coefficient (Wildman–Crippen LogP) is 1.86. The number of hydrogen-bond acceptors (Lipinski definition) is 2. The van der Waals surface area contributed by atoms with Gasteiger partial charge in [-0.1, -0.05) is 13.3 Å². The van der Waals surface area contributed by atoms with Crippen molar-refractivity contribution >= 4 is 0 Å². The van der Waals surface area contributed by atoms with Gasteiger partial charge in [-0.2, -0.15) is 0 Å². The smallest absolute Gasteiger partial charge is 0.0193 e. The van der Waals surface area contributed by atoms with Crippen LogP contribution in [0.25, 0.3) is 0 Å². The minimum Gasteiger partial charge on any atom is -0.311 e. The molecule has 4 unspecified atom stereocenters. The van der Waals surface area contributed by atoms with E-state index in [1.807, 2.05) is 0 Å². The maximum absolute atomic E-state index is 3.62. The van der Waals surface area contributed by atoms with E-state index in [9.17, 15) is 0 Å². The average Bonchev–Trinajstić information content (AvgIpc) is 2.91.